The molecule has 1 amide bonds. The predicted molar refractivity (Wildman–Crippen MR) is 77.0 cm³/mol. The van der Waals surface area contributed by atoms with Crippen LogP contribution in [0.3, 0.4) is 0 Å². The van der Waals surface area contributed by atoms with E-state index >= 15 is 0 Å². The van der Waals surface area contributed by atoms with Gasteiger partial charge in [0.2, 0.25) is 5.91 Å². The maximum Gasteiger partial charge on any atom is 0.237 e. The van der Waals surface area contributed by atoms with Crippen LogP contribution in [0.2, 0.25) is 0 Å². The molecular formula is C14H27ClN2O. The van der Waals surface area contributed by atoms with Crippen molar-refractivity contribution in [3.05, 3.63) is 0 Å². The Morgan fingerprint density at radius 3 is 2.56 bits per heavy atom. The zero-order chi connectivity index (χ0) is 12.3. The quantitative estimate of drug-likeness (QED) is 0.812. The van der Waals surface area contributed by atoms with Gasteiger partial charge in [-0.3, -0.25) is 4.79 Å². The summed E-state index contributed by atoms with van der Waals surface area (Å²) in [5, 5.41) is 6.59. The van der Waals surface area contributed by atoms with Crippen molar-refractivity contribution in [1.29, 1.82) is 0 Å². The Balaban J connectivity index is 0.00000162. The summed E-state index contributed by atoms with van der Waals surface area (Å²) in [5.74, 6) is 1.60. The Bertz CT molecular complexity index is 267. The normalized spacial score (nSPS) is 36.6. The maximum atomic E-state index is 12.1. The molecule has 18 heavy (non-hydrogen) atoms. The minimum atomic E-state index is 0. The lowest BCUT2D eigenvalue weighted by molar-refractivity contribution is -0.125. The largest absolute Gasteiger partial charge is 0.352 e. The summed E-state index contributed by atoms with van der Waals surface area (Å²) in [6.07, 6.45) is 7.12. The number of nitrogens with one attached hydrogen (secondary N) is 2. The standard InChI is InChI=1S/C14H26N2O.ClH/c1-10-6-5-8-12(11(10)2)16-14(17)13-7-3-4-9-15-13;/h10-13,15H,3-9H2,1-2H3,(H,16,17);1H/t10?,11?,12?,13-;/m0./s1. The third-order valence-electron chi connectivity index (χ3n) is 4.66. The molecule has 0 aromatic carbocycles. The van der Waals surface area contributed by atoms with Gasteiger partial charge in [0, 0.05) is 6.04 Å². The highest BCUT2D eigenvalue weighted by atomic mass is 35.5. The fourth-order valence-corrected chi connectivity index (χ4v) is 3.14. The van der Waals surface area contributed by atoms with Crippen LogP contribution >= 0.6 is 12.4 Å². The molecule has 4 atom stereocenters. The molecule has 0 aromatic heterocycles. The smallest absolute Gasteiger partial charge is 0.237 e. The van der Waals surface area contributed by atoms with Crippen molar-refractivity contribution < 1.29 is 4.79 Å². The maximum absolute atomic E-state index is 12.1. The van der Waals surface area contributed by atoms with Gasteiger partial charge in [-0.1, -0.05) is 33.1 Å². The topological polar surface area (TPSA) is 41.1 Å². The highest BCUT2D eigenvalue weighted by Gasteiger charge is 2.30. The molecule has 0 spiro atoms. The number of halogens is 1. The van der Waals surface area contributed by atoms with Gasteiger partial charge >= 0.3 is 0 Å². The first-order chi connectivity index (χ1) is 8.18. The number of carbonyl (C=O) groups excluding carboxylic acids is 1. The average molecular weight is 275 g/mol. The first-order valence-electron chi connectivity index (χ1n) is 7.22. The van der Waals surface area contributed by atoms with Crippen LogP contribution in [0.1, 0.15) is 52.4 Å². The van der Waals surface area contributed by atoms with Gasteiger partial charge in [-0.2, -0.15) is 0 Å². The van der Waals surface area contributed by atoms with Crippen molar-refractivity contribution in [2.75, 3.05) is 6.54 Å². The fourth-order valence-electron chi connectivity index (χ4n) is 3.14. The van der Waals surface area contributed by atoms with E-state index in [9.17, 15) is 4.79 Å². The van der Waals surface area contributed by atoms with Crippen LogP contribution in [0.15, 0.2) is 0 Å². The summed E-state index contributed by atoms with van der Waals surface area (Å²) < 4.78 is 0. The molecule has 1 aliphatic heterocycles. The number of rotatable bonds is 2. The number of carbonyl (C=O) groups is 1. The third kappa shape index (κ3) is 3.86. The monoisotopic (exact) mass is 274 g/mol. The Labute approximate surface area is 117 Å². The van der Waals surface area contributed by atoms with E-state index in [4.69, 9.17) is 0 Å². The van der Waals surface area contributed by atoms with Gasteiger partial charge in [0.05, 0.1) is 6.04 Å². The van der Waals surface area contributed by atoms with Crippen molar-refractivity contribution in [2.45, 2.75) is 64.5 Å². The molecule has 3 unspecified atom stereocenters. The molecule has 106 valence electrons. The Hall–Kier alpha value is -0.280. The van der Waals surface area contributed by atoms with Crippen molar-refractivity contribution in [3.8, 4) is 0 Å². The second-order valence-corrected chi connectivity index (χ2v) is 5.88. The van der Waals surface area contributed by atoms with Gasteiger partial charge in [-0.15, -0.1) is 12.4 Å². The van der Waals surface area contributed by atoms with Gasteiger partial charge in [0.25, 0.3) is 0 Å². The van der Waals surface area contributed by atoms with E-state index in [2.05, 4.69) is 24.5 Å². The van der Waals surface area contributed by atoms with Crippen LogP contribution in [-0.2, 0) is 4.79 Å². The molecule has 1 heterocycles. The lowest BCUT2D eigenvalue weighted by atomic mass is 9.78. The van der Waals surface area contributed by atoms with E-state index < -0.39 is 0 Å². The van der Waals surface area contributed by atoms with Crippen LogP contribution in [0.25, 0.3) is 0 Å². The molecule has 2 N–H and O–H groups in total. The van der Waals surface area contributed by atoms with Gasteiger partial charge in [-0.25, -0.2) is 0 Å². The second-order valence-electron chi connectivity index (χ2n) is 5.88. The van der Waals surface area contributed by atoms with E-state index in [-0.39, 0.29) is 24.4 Å². The first-order valence-corrected chi connectivity index (χ1v) is 7.22. The minimum Gasteiger partial charge on any atom is -0.352 e. The Morgan fingerprint density at radius 2 is 1.89 bits per heavy atom. The molecule has 2 aliphatic rings. The molecule has 4 heteroatoms. The van der Waals surface area contributed by atoms with Crippen molar-refractivity contribution >= 4 is 18.3 Å². The Morgan fingerprint density at radius 1 is 1.11 bits per heavy atom. The van der Waals surface area contributed by atoms with E-state index in [1.54, 1.807) is 0 Å². The molecule has 2 rings (SSSR count). The number of piperidine rings is 1. The van der Waals surface area contributed by atoms with E-state index in [0.29, 0.717) is 12.0 Å². The number of hydrogen-bond donors (Lipinski definition) is 2. The molecule has 1 saturated heterocycles. The molecule has 1 aliphatic carbocycles. The van der Waals surface area contributed by atoms with Crippen LogP contribution < -0.4 is 10.6 Å². The van der Waals surface area contributed by atoms with Crippen molar-refractivity contribution in [2.24, 2.45) is 11.8 Å². The summed E-state index contributed by atoms with van der Waals surface area (Å²) in [6, 6.07) is 0.461. The van der Waals surface area contributed by atoms with Gasteiger partial charge in [0.15, 0.2) is 0 Å². The summed E-state index contributed by atoms with van der Waals surface area (Å²) in [6.45, 7) is 5.58. The Kier molecular flexibility index (Phi) is 6.44. The van der Waals surface area contributed by atoms with E-state index in [1.165, 1.54) is 25.7 Å². The highest BCUT2D eigenvalue weighted by molar-refractivity contribution is 5.85. The summed E-state index contributed by atoms with van der Waals surface area (Å²) in [7, 11) is 0. The van der Waals surface area contributed by atoms with E-state index in [0.717, 1.165) is 25.3 Å². The molecule has 2 fully saturated rings. The number of hydrogen-bond acceptors (Lipinski definition) is 2. The zero-order valence-electron chi connectivity index (χ0n) is 11.6. The molecule has 0 aromatic rings. The molecular weight excluding hydrogens is 248 g/mol. The highest BCUT2D eigenvalue weighted by Crippen LogP contribution is 2.29. The lowest BCUT2D eigenvalue weighted by Crippen LogP contribution is -2.52. The molecule has 0 bridgehead atoms. The van der Waals surface area contributed by atoms with Crippen LogP contribution in [0, 0.1) is 11.8 Å². The number of amides is 1. The summed E-state index contributed by atoms with van der Waals surface area (Å²) in [4.78, 5) is 12.1. The van der Waals surface area contributed by atoms with Gasteiger partial charge in [-0.05, 0) is 37.6 Å². The molecule has 0 radical (unpaired) electrons. The lowest BCUT2D eigenvalue weighted by Gasteiger charge is -2.36. The zero-order valence-corrected chi connectivity index (χ0v) is 12.4. The SMILES string of the molecule is CC1CCCC(NC(=O)[C@@H]2CCCCN2)C1C.Cl. The van der Waals surface area contributed by atoms with Gasteiger partial charge < -0.3 is 10.6 Å². The third-order valence-corrected chi connectivity index (χ3v) is 4.66. The molecule has 3 nitrogen and oxygen atoms in total. The minimum absolute atomic E-state index is 0. The summed E-state index contributed by atoms with van der Waals surface area (Å²) >= 11 is 0. The summed E-state index contributed by atoms with van der Waals surface area (Å²) in [5.41, 5.74) is 0. The van der Waals surface area contributed by atoms with E-state index in [1.807, 2.05) is 0 Å². The second kappa shape index (κ2) is 7.34. The van der Waals surface area contributed by atoms with Crippen molar-refractivity contribution in [1.82, 2.24) is 10.6 Å². The van der Waals surface area contributed by atoms with Crippen LogP contribution in [-0.4, -0.2) is 24.5 Å². The van der Waals surface area contributed by atoms with Gasteiger partial charge in [0.1, 0.15) is 0 Å². The fraction of sp³-hybridized carbons (Fsp3) is 0.929. The average Bonchev–Trinajstić information content (AvgIpc) is 2.36. The predicted octanol–water partition coefficient (Wildman–Crippen LogP) is 2.49. The first kappa shape index (κ1) is 15.8. The van der Waals surface area contributed by atoms with Crippen LogP contribution in [0.5, 0.6) is 0 Å². The van der Waals surface area contributed by atoms with Crippen LogP contribution in [0.4, 0.5) is 0 Å². The molecule has 1 saturated carbocycles. The van der Waals surface area contributed by atoms with Crippen molar-refractivity contribution in [3.63, 3.8) is 0 Å².